The summed E-state index contributed by atoms with van der Waals surface area (Å²) in [6.07, 6.45) is 1.25. The number of carbonyl (C=O) groups is 2. The maximum atomic E-state index is 13.3. The maximum Gasteiger partial charge on any atom is 0.254 e. The van der Waals surface area contributed by atoms with Gasteiger partial charge in [0.05, 0.1) is 6.61 Å². The fraction of sp³-hybridized carbons (Fsp3) is 0.273. The quantitative estimate of drug-likeness (QED) is 0.781. The van der Waals surface area contributed by atoms with E-state index in [2.05, 4.69) is 5.32 Å². The second kappa shape index (κ2) is 8.19. The van der Waals surface area contributed by atoms with E-state index in [4.69, 9.17) is 28.3 Å². The first-order chi connectivity index (χ1) is 14.0. The van der Waals surface area contributed by atoms with Crippen molar-refractivity contribution >= 4 is 40.6 Å². The molecule has 2 amide bonds. The molecular formula is C22H20Cl2N2O3. The molecule has 2 aromatic carbocycles. The number of carbonyl (C=O) groups excluding carboxylic acids is 2. The molecule has 1 heterocycles. The highest BCUT2D eigenvalue weighted by Crippen LogP contribution is 2.42. The number of nitrogens with zero attached hydrogens (tertiary/aromatic N) is 1. The van der Waals surface area contributed by atoms with Gasteiger partial charge in [0.2, 0.25) is 5.91 Å². The van der Waals surface area contributed by atoms with E-state index in [9.17, 15) is 9.59 Å². The maximum absolute atomic E-state index is 13.3. The summed E-state index contributed by atoms with van der Waals surface area (Å²) in [6, 6.07) is 11.7. The van der Waals surface area contributed by atoms with Gasteiger partial charge < -0.3 is 15.3 Å². The first kappa shape index (κ1) is 20.0. The van der Waals surface area contributed by atoms with E-state index in [0.29, 0.717) is 35.0 Å². The van der Waals surface area contributed by atoms with Crippen LogP contribution >= 0.6 is 23.2 Å². The Bertz CT molecular complexity index is 1020. The monoisotopic (exact) mass is 430 g/mol. The van der Waals surface area contributed by atoms with Crippen molar-refractivity contribution in [2.75, 3.05) is 19.7 Å². The molecule has 0 bridgehead atoms. The number of rotatable bonds is 4. The molecule has 2 aliphatic rings. The highest BCUT2D eigenvalue weighted by Gasteiger charge is 2.41. The van der Waals surface area contributed by atoms with E-state index >= 15 is 0 Å². The Labute approximate surface area is 178 Å². The van der Waals surface area contributed by atoms with Crippen LogP contribution in [0.3, 0.4) is 0 Å². The highest BCUT2D eigenvalue weighted by atomic mass is 35.5. The molecule has 1 aliphatic heterocycles. The van der Waals surface area contributed by atoms with Crippen LogP contribution < -0.4 is 5.32 Å². The zero-order valence-electron chi connectivity index (χ0n) is 15.6. The van der Waals surface area contributed by atoms with Crippen LogP contribution in [0.25, 0.3) is 5.57 Å². The molecule has 4 rings (SSSR count). The van der Waals surface area contributed by atoms with Crippen LogP contribution in [0.1, 0.15) is 27.9 Å². The summed E-state index contributed by atoms with van der Waals surface area (Å²) in [5.41, 5.74) is 4.61. The van der Waals surface area contributed by atoms with Gasteiger partial charge in [0.25, 0.3) is 5.91 Å². The van der Waals surface area contributed by atoms with Crippen LogP contribution in [0, 0.1) is 0 Å². The van der Waals surface area contributed by atoms with Crippen LogP contribution in [-0.2, 0) is 11.2 Å². The van der Waals surface area contributed by atoms with Gasteiger partial charge in [-0.15, -0.1) is 0 Å². The molecule has 7 heteroatoms. The summed E-state index contributed by atoms with van der Waals surface area (Å²) < 4.78 is 0. The van der Waals surface area contributed by atoms with E-state index in [0.717, 1.165) is 22.3 Å². The van der Waals surface area contributed by atoms with E-state index < -0.39 is 6.04 Å². The summed E-state index contributed by atoms with van der Waals surface area (Å²) in [7, 11) is 0. The molecule has 5 nitrogen and oxygen atoms in total. The van der Waals surface area contributed by atoms with Gasteiger partial charge in [-0.25, -0.2) is 0 Å². The summed E-state index contributed by atoms with van der Waals surface area (Å²) in [5.74, 6) is -0.530. The molecule has 0 spiro atoms. The van der Waals surface area contributed by atoms with E-state index in [-0.39, 0.29) is 25.0 Å². The van der Waals surface area contributed by atoms with E-state index in [1.807, 2.05) is 18.2 Å². The SMILES string of the molecule is O=C(NCCO)C1C2=C(CCN1C(=O)c1cccc(Cl)c1)c1cc(Cl)ccc1C2. The second-order valence-corrected chi connectivity index (χ2v) is 8.03. The lowest BCUT2D eigenvalue weighted by Crippen LogP contribution is -2.53. The first-order valence-electron chi connectivity index (χ1n) is 9.45. The van der Waals surface area contributed by atoms with Crippen LogP contribution in [0.15, 0.2) is 48.0 Å². The number of halogens is 2. The summed E-state index contributed by atoms with van der Waals surface area (Å²) >= 11 is 12.2. The fourth-order valence-corrected chi connectivity index (χ4v) is 4.52. The largest absolute Gasteiger partial charge is 0.395 e. The lowest BCUT2D eigenvalue weighted by molar-refractivity contribution is -0.124. The number of amides is 2. The van der Waals surface area contributed by atoms with Gasteiger partial charge in [0.15, 0.2) is 0 Å². The van der Waals surface area contributed by atoms with Crippen LogP contribution in [0.2, 0.25) is 10.0 Å². The number of benzene rings is 2. The Morgan fingerprint density at radius 3 is 2.69 bits per heavy atom. The van der Waals surface area contributed by atoms with Crippen molar-refractivity contribution in [1.29, 1.82) is 0 Å². The topological polar surface area (TPSA) is 69.6 Å². The Kier molecular flexibility index (Phi) is 5.63. The summed E-state index contributed by atoms with van der Waals surface area (Å²) in [4.78, 5) is 27.9. The fourth-order valence-electron chi connectivity index (χ4n) is 4.16. The standard InChI is InChI=1S/C22H20Cl2N2O3/c23-15-3-1-2-14(10-15)22(29)26-8-6-17-18-12-16(24)5-4-13(18)11-19(17)20(26)21(28)25-7-9-27/h1-5,10,12,20,27H,6-9,11H2,(H,25,28). The minimum absolute atomic E-state index is 0.135. The number of hydrogen-bond acceptors (Lipinski definition) is 3. The van der Waals surface area contributed by atoms with Crippen molar-refractivity contribution < 1.29 is 14.7 Å². The van der Waals surface area contributed by atoms with Gasteiger partial charge in [0, 0.05) is 28.7 Å². The van der Waals surface area contributed by atoms with Crippen LogP contribution in [0.4, 0.5) is 0 Å². The Morgan fingerprint density at radius 2 is 1.93 bits per heavy atom. The number of hydrogen-bond donors (Lipinski definition) is 2. The molecule has 0 aromatic heterocycles. The van der Waals surface area contributed by atoms with Crippen LogP contribution in [0.5, 0.6) is 0 Å². The number of aliphatic hydroxyl groups is 1. The highest BCUT2D eigenvalue weighted by molar-refractivity contribution is 6.31. The minimum atomic E-state index is -0.733. The molecule has 29 heavy (non-hydrogen) atoms. The average Bonchev–Trinajstić information content (AvgIpc) is 3.08. The smallest absolute Gasteiger partial charge is 0.254 e. The van der Waals surface area contributed by atoms with E-state index in [1.54, 1.807) is 29.2 Å². The normalized spacial score (nSPS) is 17.8. The molecule has 0 saturated heterocycles. The Hall–Kier alpha value is -2.34. The summed E-state index contributed by atoms with van der Waals surface area (Å²) in [6.45, 7) is 0.381. The Balaban J connectivity index is 1.73. The molecule has 0 fully saturated rings. The zero-order valence-corrected chi connectivity index (χ0v) is 17.1. The van der Waals surface area contributed by atoms with E-state index in [1.165, 1.54) is 0 Å². The van der Waals surface area contributed by atoms with Crippen LogP contribution in [-0.4, -0.2) is 47.6 Å². The third-order valence-electron chi connectivity index (χ3n) is 5.40. The average molecular weight is 431 g/mol. The van der Waals surface area contributed by atoms with Gasteiger partial charge in [0.1, 0.15) is 6.04 Å². The molecular weight excluding hydrogens is 411 g/mol. The molecule has 2 N–H and O–H groups in total. The van der Waals surface area contributed by atoms with Gasteiger partial charge in [-0.05, 0) is 65.4 Å². The van der Waals surface area contributed by atoms with Gasteiger partial charge in [-0.1, -0.05) is 35.3 Å². The lowest BCUT2D eigenvalue weighted by atomic mass is 9.91. The third-order valence-corrected chi connectivity index (χ3v) is 5.87. The molecule has 0 saturated carbocycles. The number of nitrogens with one attached hydrogen (secondary N) is 1. The zero-order chi connectivity index (χ0) is 20.5. The molecule has 150 valence electrons. The predicted octanol–water partition coefficient (Wildman–Crippen LogP) is 3.33. The van der Waals surface area contributed by atoms with Gasteiger partial charge in [-0.2, -0.15) is 0 Å². The second-order valence-electron chi connectivity index (χ2n) is 7.16. The third kappa shape index (κ3) is 3.78. The Morgan fingerprint density at radius 1 is 1.14 bits per heavy atom. The van der Waals surface area contributed by atoms with Crippen molar-refractivity contribution in [3.8, 4) is 0 Å². The molecule has 1 unspecified atom stereocenters. The van der Waals surface area contributed by atoms with Gasteiger partial charge in [-0.3, -0.25) is 9.59 Å². The van der Waals surface area contributed by atoms with Crippen molar-refractivity contribution in [2.45, 2.75) is 18.9 Å². The summed E-state index contributed by atoms with van der Waals surface area (Å²) in [5, 5.41) is 13.0. The molecule has 2 aromatic rings. The lowest BCUT2D eigenvalue weighted by Gasteiger charge is -2.36. The van der Waals surface area contributed by atoms with Crippen molar-refractivity contribution in [3.63, 3.8) is 0 Å². The number of aliphatic hydroxyl groups excluding tert-OH is 1. The van der Waals surface area contributed by atoms with Gasteiger partial charge >= 0.3 is 0 Å². The number of fused-ring (bicyclic) bond motifs is 2. The minimum Gasteiger partial charge on any atom is -0.395 e. The molecule has 0 radical (unpaired) electrons. The van der Waals surface area contributed by atoms with Crippen molar-refractivity contribution in [3.05, 3.63) is 74.8 Å². The first-order valence-corrected chi connectivity index (χ1v) is 10.2. The van der Waals surface area contributed by atoms with Crippen molar-refractivity contribution in [2.24, 2.45) is 0 Å². The molecule has 1 atom stereocenters. The van der Waals surface area contributed by atoms with Crippen molar-refractivity contribution in [1.82, 2.24) is 10.2 Å². The predicted molar refractivity (Wildman–Crippen MR) is 113 cm³/mol. The molecule has 1 aliphatic carbocycles.